The summed E-state index contributed by atoms with van der Waals surface area (Å²) in [6, 6.07) is 15.1. The molecule has 3 rings (SSSR count). The number of fused-ring (bicyclic) bond motifs is 3. The number of hydrogen-bond acceptors (Lipinski definition) is 3. The summed E-state index contributed by atoms with van der Waals surface area (Å²) >= 11 is 0. The molecule has 0 aliphatic carbocycles. The minimum atomic E-state index is -0.285. The van der Waals surface area contributed by atoms with Crippen LogP contribution in [0.4, 0.5) is 0 Å². The van der Waals surface area contributed by atoms with E-state index >= 15 is 0 Å². The topological polar surface area (TPSA) is 42.9 Å². The molecule has 2 aromatic carbocycles. The van der Waals surface area contributed by atoms with Crippen molar-refractivity contribution in [2.45, 2.75) is 0 Å². The Morgan fingerprint density at radius 1 is 0.688 bits per heavy atom. The molecule has 0 aliphatic rings. The van der Waals surface area contributed by atoms with Crippen molar-refractivity contribution in [3.63, 3.8) is 0 Å². The molecule has 3 nitrogen and oxygen atoms in total. The van der Waals surface area contributed by atoms with Crippen molar-refractivity contribution in [1.29, 1.82) is 0 Å². The van der Waals surface area contributed by atoms with E-state index in [-0.39, 0.29) is 5.56 Å². The molecule has 0 spiro atoms. The molecule has 0 amide bonds. The molecular weight excluding hydrogens is 200 g/mol. The number of nitrogens with zero attached hydrogens (tertiary/aromatic N) is 2. The number of aromatic nitrogens is 2. The Morgan fingerprint density at radius 3 is 2.12 bits per heavy atom. The van der Waals surface area contributed by atoms with E-state index in [4.69, 9.17) is 0 Å². The van der Waals surface area contributed by atoms with E-state index in [2.05, 4.69) is 10.2 Å². The predicted molar refractivity (Wildman–Crippen MR) is 63.3 cm³/mol. The lowest BCUT2D eigenvalue weighted by atomic mass is 10.1. The zero-order valence-electron chi connectivity index (χ0n) is 8.42. The van der Waals surface area contributed by atoms with E-state index in [0.29, 0.717) is 5.39 Å². The van der Waals surface area contributed by atoms with E-state index in [1.807, 2.05) is 42.5 Å². The molecule has 0 saturated carbocycles. The molecule has 0 N–H and O–H groups in total. The minimum Gasteiger partial charge on any atom is -0.265 e. The zero-order valence-corrected chi connectivity index (χ0v) is 8.42. The predicted octanol–water partition coefficient (Wildman–Crippen LogP) is 2.14. The molecule has 16 heavy (non-hydrogen) atoms. The summed E-state index contributed by atoms with van der Waals surface area (Å²) in [6.45, 7) is 0. The Bertz CT molecular complexity index is 738. The van der Waals surface area contributed by atoms with Gasteiger partial charge in [-0.05, 0) is 17.5 Å². The second-order valence-electron chi connectivity index (χ2n) is 3.57. The molecule has 3 heteroatoms. The summed E-state index contributed by atoms with van der Waals surface area (Å²) in [7, 11) is 0. The molecule has 0 fully saturated rings. The van der Waals surface area contributed by atoms with Gasteiger partial charge in [0.25, 0.3) is 5.56 Å². The van der Waals surface area contributed by atoms with E-state index in [0.717, 1.165) is 16.3 Å². The quantitative estimate of drug-likeness (QED) is 0.568. The zero-order chi connectivity index (χ0) is 11.0. The summed E-state index contributed by atoms with van der Waals surface area (Å²) in [6.07, 6.45) is 0. The summed E-state index contributed by atoms with van der Waals surface area (Å²) in [5.41, 5.74) is 0.451. The van der Waals surface area contributed by atoms with Crippen LogP contribution in [-0.2, 0) is 0 Å². The van der Waals surface area contributed by atoms with Crippen molar-refractivity contribution in [1.82, 2.24) is 10.2 Å². The van der Waals surface area contributed by atoms with Crippen LogP contribution in [0, 0.1) is 0 Å². The van der Waals surface area contributed by atoms with Gasteiger partial charge in [0, 0.05) is 5.39 Å². The van der Waals surface area contributed by atoms with Crippen LogP contribution in [0.3, 0.4) is 0 Å². The molecule has 0 aliphatic heterocycles. The molecule has 0 atom stereocenters. The Hall–Kier alpha value is -2.29. The van der Waals surface area contributed by atoms with Gasteiger partial charge in [0.05, 0.1) is 10.9 Å². The summed E-state index contributed by atoms with van der Waals surface area (Å²) in [5.74, 6) is 0. The fourth-order valence-corrected chi connectivity index (χ4v) is 1.85. The van der Waals surface area contributed by atoms with Crippen LogP contribution in [0.15, 0.2) is 53.3 Å². The second kappa shape index (κ2) is 3.38. The Labute approximate surface area is 91.4 Å². The van der Waals surface area contributed by atoms with E-state index in [1.54, 1.807) is 6.07 Å². The fourth-order valence-electron chi connectivity index (χ4n) is 1.85. The lowest BCUT2D eigenvalue weighted by molar-refractivity contribution is 1.05. The van der Waals surface area contributed by atoms with Gasteiger partial charge >= 0.3 is 0 Å². The summed E-state index contributed by atoms with van der Waals surface area (Å²) < 4.78 is 0. The first-order valence-electron chi connectivity index (χ1n) is 5.01. The van der Waals surface area contributed by atoms with Crippen molar-refractivity contribution < 1.29 is 0 Å². The van der Waals surface area contributed by atoms with Crippen LogP contribution in [0.1, 0.15) is 0 Å². The third kappa shape index (κ3) is 1.26. The summed E-state index contributed by atoms with van der Waals surface area (Å²) in [4.78, 5) is 11.7. The molecule has 3 aromatic rings. The highest BCUT2D eigenvalue weighted by Gasteiger charge is 2.01. The van der Waals surface area contributed by atoms with Gasteiger partial charge in [0.15, 0.2) is 0 Å². The second-order valence-corrected chi connectivity index (χ2v) is 3.57. The number of hydrogen-bond donors (Lipinski definition) is 0. The normalized spacial score (nSPS) is 10.8. The molecular formula is C13H8N2O. The highest BCUT2D eigenvalue weighted by Crippen LogP contribution is 2.18. The Balaban J connectivity index is 2.74. The van der Waals surface area contributed by atoms with Gasteiger partial charge < -0.3 is 0 Å². The third-order valence-corrected chi connectivity index (χ3v) is 2.60. The first-order valence-corrected chi connectivity index (χ1v) is 5.01. The average molecular weight is 208 g/mol. The van der Waals surface area contributed by atoms with Gasteiger partial charge in [0.1, 0.15) is 0 Å². The van der Waals surface area contributed by atoms with Crippen LogP contribution in [0.2, 0.25) is 0 Å². The lowest BCUT2D eigenvalue weighted by Gasteiger charge is -1.93. The summed E-state index contributed by atoms with van der Waals surface area (Å²) in [5, 5.41) is 10.1. The maximum absolute atomic E-state index is 11.7. The molecule has 0 unspecified atom stereocenters. The molecule has 76 valence electrons. The first kappa shape index (κ1) is 8.97. The van der Waals surface area contributed by atoms with Crippen LogP contribution >= 0.6 is 0 Å². The van der Waals surface area contributed by atoms with E-state index in [1.165, 1.54) is 0 Å². The van der Waals surface area contributed by atoms with Crippen molar-refractivity contribution in [3.05, 3.63) is 58.9 Å². The smallest absolute Gasteiger partial charge is 0.265 e. The largest absolute Gasteiger partial charge is 0.296 e. The number of rotatable bonds is 0. The van der Waals surface area contributed by atoms with Gasteiger partial charge in [-0.2, -0.15) is 0 Å². The van der Waals surface area contributed by atoms with Gasteiger partial charge in [0.2, 0.25) is 0 Å². The monoisotopic (exact) mass is 208 g/mol. The van der Waals surface area contributed by atoms with Crippen molar-refractivity contribution in [2.75, 3.05) is 0 Å². The van der Waals surface area contributed by atoms with Crippen LogP contribution < -0.4 is 5.56 Å². The molecule has 0 saturated heterocycles. The van der Waals surface area contributed by atoms with Crippen LogP contribution in [0.5, 0.6) is 0 Å². The molecule has 0 bridgehead atoms. The lowest BCUT2D eigenvalue weighted by Crippen LogP contribution is -2.02. The van der Waals surface area contributed by atoms with Gasteiger partial charge in [-0.3, -0.25) is 4.79 Å². The van der Waals surface area contributed by atoms with Crippen LogP contribution in [0.25, 0.3) is 21.7 Å². The number of benzene rings is 2. The third-order valence-electron chi connectivity index (χ3n) is 2.60. The van der Waals surface area contributed by atoms with Gasteiger partial charge in [-0.1, -0.05) is 36.4 Å². The standard InChI is InChI=1S/C13H8N2O/c16-13-11-7-2-1-5-9(11)10-6-3-4-8-12(10)14-15-13/h1-8H. The average Bonchev–Trinajstić information content (AvgIpc) is 2.49. The SMILES string of the molecule is O=c1nnc2ccccc2c2ccccc12. The fraction of sp³-hybridized carbons (Fsp3) is 0. The van der Waals surface area contributed by atoms with Crippen LogP contribution in [-0.4, -0.2) is 10.2 Å². The van der Waals surface area contributed by atoms with Gasteiger partial charge in [-0.25, -0.2) is 0 Å². The Morgan fingerprint density at radius 2 is 1.31 bits per heavy atom. The van der Waals surface area contributed by atoms with E-state index in [9.17, 15) is 4.79 Å². The van der Waals surface area contributed by atoms with E-state index < -0.39 is 0 Å². The highest BCUT2D eigenvalue weighted by atomic mass is 16.1. The molecule has 0 radical (unpaired) electrons. The minimum absolute atomic E-state index is 0.285. The van der Waals surface area contributed by atoms with Gasteiger partial charge in [-0.15, -0.1) is 10.2 Å². The van der Waals surface area contributed by atoms with Crippen molar-refractivity contribution >= 4 is 21.7 Å². The maximum atomic E-state index is 11.7. The van der Waals surface area contributed by atoms with Crippen molar-refractivity contribution in [3.8, 4) is 0 Å². The first-order chi connectivity index (χ1) is 7.86. The maximum Gasteiger partial charge on any atom is 0.296 e. The molecule has 1 aromatic heterocycles. The van der Waals surface area contributed by atoms with Crippen molar-refractivity contribution in [2.24, 2.45) is 0 Å². The Kier molecular flexibility index (Phi) is 1.90. The molecule has 1 heterocycles. The highest BCUT2D eigenvalue weighted by molar-refractivity contribution is 6.03.